The summed E-state index contributed by atoms with van der Waals surface area (Å²) >= 11 is 0. The number of hydrogen-bond acceptors (Lipinski definition) is 5. The summed E-state index contributed by atoms with van der Waals surface area (Å²) in [6.45, 7) is 1.82. The first kappa shape index (κ1) is 16.8. The number of ether oxygens (including phenoxy) is 2. The fourth-order valence-corrected chi connectivity index (χ4v) is 1.76. The van der Waals surface area contributed by atoms with Gasteiger partial charge in [-0.15, -0.1) is 0 Å². The normalized spacial score (nSPS) is 11.6. The Hall–Kier alpha value is -2.28. The molecule has 0 aromatic heterocycles. The van der Waals surface area contributed by atoms with E-state index in [1.54, 1.807) is 0 Å². The van der Waals surface area contributed by atoms with Gasteiger partial charge in [-0.05, 0) is 19.4 Å². The van der Waals surface area contributed by atoms with Gasteiger partial charge in [0.15, 0.2) is 11.5 Å². The second-order valence-electron chi connectivity index (χ2n) is 4.68. The van der Waals surface area contributed by atoms with E-state index in [0.717, 1.165) is 0 Å². The van der Waals surface area contributed by atoms with Crippen LogP contribution in [0.3, 0.4) is 0 Å². The van der Waals surface area contributed by atoms with E-state index in [-0.39, 0.29) is 29.6 Å². The van der Waals surface area contributed by atoms with Crippen molar-refractivity contribution in [2.24, 2.45) is 11.5 Å². The van der Waals surface area contributed by atoms with E-state index in [1.165, 1.54) is 26.4 Å². The molecule has 7 nitrogen and oxygen atoms in total. The van der Waals surface area contributed by atoms with Gasteiger partial charge in [-0.3, -0.25) is 9.59 Å². The van der Waals surface area contributed by atoms with Crippen LogP contribution in [0, 0.1) is 0 Å². The SMILES string of the molecule is COc1cc(NC(=O)CCC(C)N)c(C(N)=O)cc1OC. The highest BCUT2D eigenvalue weighted by atomic mass is 16.5. The molecule has 0 aliphatic rings. The van der Waals surface area contributed by atoms with Crippen LogP contribution in [0.15, 0.2) is 12.1 Å². The Labute approximate surface area is 123 Å². The van der Waals surface area contributed by atoms with Crippen molar-refractivity contribution in [3.05, 3.63) is 17.7 Å². The Balaban J connectivity index is 3.04. The quantitative estimate of drug-likeness (QED) is 0.690. The first-order chi connectivity index (χ1) is 9.88. The lowest BCUT2D eigenvalue weighted by Gasteiger charge is -2.14. The molecule has 0 bridgehead atoms. The molecule has 0 heterocycles. The molecule has 7 heteroatoms. The fraction of sp³-hybridized carbons (Fsp3) is 0.429. The van der Waals surface area contributed by atoms with E-state index in [0.29, 0.717) is 17.9 Å². The first-order valence-electron chi connectivity index (χ1n) is 6.50. The van der Waals surface area contributed by atoms with E-state index in [2.05, 4.69) is 5.32 Å². The lowest BCUT2D eigenvalue weighted by atomic mass is 10.1. The van der Waals surface area contributed by atoms with Crippen LogP contribution in [0.4, 0.5) is 5.69 Å². The third-order valence-electron chi connectivity index (χ3n) is 2.89. The molecule has 1 aromatic carbocycles. The molecule has 2 amide bonds. The molecule has 0 aliphatic heterocycles. The molecule has 1 unspecified atom stereocenters. The summed E-state index contributed by atoms with van der Waals surface area (Å²) in [5.74, 6) is -0.162. The van der Waals surface area contributed by atoms with Gasteiger partial charge in [0.2, 0.25) is 5.91 Å². The van der Waals surface area contributed by atoms with Crippen molar-refractivity contribution >= 4 is 17.5 Å². The van der Waals surface area contributed by atoms with Crippen LogP contribution >= 0.6 is 0 Å². The molecule has 0 saturated heterocycles. The second-order valence-corrected chi connectivity index (χ2v) is 4.68. The number of carbonyl (C=O) groups is 2. The molecular formula is C14H21N3O4. The van der Waals surface area contributed by atoms with Crippen LogP contribution in [-0.4, -0.2) is 32.1 Å². The molecule has 0 aliphatic carbocycles. The Morgan fingerprint density at radius 2 is 1.81 bits per heavy atom. The predicted octanol–water partition coefficient (Wildman–Crippen LogP) is 0.869. The third kappa shape index (κ3) is 4.64. The summed E-state index contributed by atoms with van der Waals surface area (Å²) in [5.41, 5.74) is 11.4. The summed E-state index contributed by atoms with van der Waals surface area (Å²) in [5, 5.41) is 2.64. The van der Waals surface area contributed by atoms with Crippen LogP contribution in [0.1, 0.15) is 30.1 Å². The maximum absolute atomic E-state index is 11.9. The number of rotatable bonds is 7. The van der Waals surface area contributed by atoms with Crippen molar-refractivity contribution in [3.8, 4) is 11.5 Å². The van der Waals surface area contributed by atoms with E-state index >= 15 is 0 Å². The van der Waals surface area contributed by atoms with Crippen molar-refractivity contribution in [1.29, 1.82) is 0 Å². The minimum absolute atomic E-state index is 0.0724. The number of nitrogens with two attached hydrogens (primary N) is 2. The minimum atomic E-state index is -0.668. The lowest BCUT2D eigenvalue weighted by Crippen LogP contribution is -2.21. The summed E-state index contributed by atoms with van der Waals surface area (Å²) < 4.78 is 10.2. The van der Waals surface area contributed by atoms with Gasteiger partial charge in [0.25, 0.3) is 5.91 Å². The summed E-state index contributed by atoms with van der Waals surface area (Å²) in [6, 6.07) is 2.86. The summed E-state index contributed by atoms with van der Waals surface area (Å²) in [6.07, 6.45) is 0.801. The van der Waals surface area contributed by atoms with Gasteiger partial charge < -0.3 is 26.3 Å². The zero-order chi connectivity index (χ0) is 16.0. The molecular weight excluding hydrogens is 274 g/mol. The second kappa shape index (κ2) is 7.49. The summed E-state index contributed by atoms with van der Waals surface area (Å²) in [4.78, 5) is 23.3. The number of nitrogens with one attached hydrogen (secondary N) is 1. The number of carbonyl (C=O) groups excluding carboxylic acids is 2. The van der Waals surface area contributed by atoms with E-state index in [9.17, 15) is 9.59 Å². The van der Waals surface area contributed by atoms with Crippen LogP contribution in [0.5, 0.6) is 11.5 Å². The predicted molar refractivity (Wildman–Crippen MR) is 79.6 cm³/mol. The van der Waals surface area contributed by atoms with Crippen molar-refractivity contribution in [3.63, 3.8) is 0 Å². The van der Waals surface area contributed by atoms with Crippen LogP contribution in [-0.2, 0) is 4.79 Å². The largest absolute Gasteiger partial charge is 0.493 e. The Bertz CT molecular complexity index is 529. The highest BCUT2D eigenvalue weighted by Crippen LogP contribution is 2.33. The van der Waals surface area contributed by atoms with Crippen molar-refractivity contribution < 1.29 is 19.1 Å². The molecule has 0 saturated carbocycles. The number of hydrogen-bond donors (Lipinski definition) is 3. The van der Waals surface area contributed by atoms with Crippen LogP contribution in [0.2, 0.25) is 0 Å². The van der Waals surface area contributed by atoms with Crippen molar-refractivity contribution in [2.75, 3.05) is 19.5 Å². The molecule has 0 radical (unpaired) electrons. The van der Waals surface area contributed by atoms with Gasteiger partial charge in [0, 0.05) is 18.5 Å². The molecule has 1 atom stereocenters. The van der Waals surface area contributed by atoms with E-state index < -0.39 is 5.91 Å². The van der Waals surface area contributed by atoms with Crippen molar-refractivity contribution in [1.82, 2.24) is 0 Å². The minimum Gasteiger partial charge on any atom is -0.493 e. The molecule has 0 fully saturated rings. The van der Waals surface area contributed by atoms with Gasteiger partial charge in [0.05, 0.1) is 25.5 Å². The Morgan fingerprint density at radius 3 is 2.29 bits per heavy atom. The average molecular weight is 295 g/mol. The van der Waals surface area contributed by atoms with Gasteiger partial charge in [0.1, 0.15) is 0 Å². The first-order valence-corrected chi connectivity index (χ1v) is 6.50. The number of anilines is 1. The standard InChI is InChI=1S/C14H21N3O4/c1-8(15)4-5-13(18)17-10-7-12(21-3)11(20-2)6-9(10)14(16)19/h6-8H,4-5,15H2,1-3H3,(H2,16,19)(H,17,18). The Kier molecular flexibility index (Phi) is 5.98. The molecule has 5 N–H and O–H groups in total. The molecule has 116 valence electrons. The monoisotopic (exact) mass is 295 g/mol. The average Bonchev–Trinajstić information content (AvgIpc) is 2.44. The lowest BCUT2D eigenvalue weighted by molar-refractivity contribution is -0.116. The number of methoxy groups -OCH3 is 2. The van der Waals surface area contributed by atoms with Gasteiger partial charge >= 0.3 is 0 Å². The topological polar surface area (TPSA) is 117 Å². The molecule has 21 heavy (non-hydrogen) atoms. The maximum atomic E-state index is 11.9. The Morgan fingerprint density at radius 1 is 1.24 bits per heavy atom. The maximum Gasteiger partial charge on any atom is 0.250 e. The van der Waals surface area contributed by atoms with Crippen LogP contribution < -0.4 is 26.3 Å². The highest BCUT2D eigenvalue weighted by Gasteiger charge is 2.16. The smallest absolute Gasteiger partial charge is 0.250 e. The van der Waals surface area contributed by atoms with Gasteiger partial charge in [-0.2, -0.15) is 0 Å². The fourth-order valence-electron chi connectivity index (χ4n) is 1.76. The third-order valence-corrected chi connectivity index (χ3v) is 2.89. The van der Waals surface area contributed by atoms with Crippen molar-refractivity contribution in [2.45, 2.75) is 25.8 Å². The number of amides is 2. The molecule has 1 rings (SSSR count). The highest BCUT2D eigenvalue weighted by molar-refractivity contribution is 6.03. The number of primary amides is 1. The molecule has 1 aromatic rings. The molecule has 0 spiro atoms. The zero-order valence-electron chi connectivity index (χ0n) is 12.4. The van der Waals surface area contributed by atoms with Gasteiger partial charge in [-0.25, -0.2) is 0 Å². The van der Waals surface area contributed by atoms with Gasteiger partial charge in [-0.1, -0.05) is 0 Å². The van der Waals surface area contributed by atoms with E-state index in [4.69, 9.17) is 20.9 Å². The number of benzene rings is 1. The van der Waals surface area contributed by atoms with Crippen LogP contribution in [0.25, 0.3) is 0 Å². The summed E-state index contributed by atoms with van der Waals surface area (Å²) in [7, 11) is 2.91. The van der Waals surface area contributed by atoms with E-state index in [1.807, 2.05) is 6.92 Å². The zero-order valence-corrected chi connectivity index (χ0v) is 12.4.